The van der Waals surface area contributed by atoms with Crippen molar-refractivity contribution in [2.45, 2.75) is 33.1 Å². The highest BCUT2D eigenvalue weighted by atomic mass is 35.5. The highest BCUT2D eigenvalue weighted by Gasteiger charge is 2.15. The van der Waals surface area contributed by atoms with Gasteiger partial charge in [0.25, 0.3) is 0 Å². The van der Waals surface area contributed by atoms with Crippen LogP contribution in [0.1, 0.15) is 37.1 Å². The Kier molecular flexibility index (Phi) is 9.59. The zero-order valence-corrected chi connectivity index (χ0v) is 21.4. The highest BCUT2D eigenvalue weighted by molar-refractivity contribution is 5.91. The summed E-state index contributed by atoms with van der Waals surface area (Å²) in [7, 11) is 3.27. The van der Waals surface area contributed by atoms with Crippen molar-refractivity contribution >= 4 is 46.5 Å². The molecule has 2 heterocycles. The first-order valence-electron chi connectivity index (χ1n) is 10.9. The molecule has 4 rings (SSSR count). The van der Waals surface area contributed by atoms with Crippen molar-refractivity contribution in [3.8, 4) is 23.1 Å². The number of aromatic nitrogens is 2. The molecule has 0 unspecified atom stereocenters. The van der Waals surface area contributed by atoms with E-state index in [1.807, 2.05) is 49.5 Å². The number of hydrogen-bond donors (Lipinski definition) is 1. The Balaban J connectivity index is 0.00000204. The van der Waals surface area contributed by atoms with Gasteiger partial charge in [0.15, 0.2) is 11.5 Å². The molecule has 0 aliphatic rings. The van der Waals surface area contributed by atoms with Crippen LogP contribution in [0.5, 0.6) is 23.1 Å². The molecule has 0 saturated heterocycles. The fourth-order valence-corrected chi connectivity index (χ4v) is 4.04. The Bertz CT molecular complexity index is 1280. The topological polar surface area (TPSA) is 73.7 Å². The molecule has 0 fully saturated rings. The van der Waals surface area contributed by atoms with Crippen molar-refractivity contribution in [2.75, 3.05) is 20.8 Å². The van der Waals surface area contributed by atoms with Gasteiger partial charge >= 0.3 is 0 Å². The molecular formula is C26H30Cl2N2O4. The summed E-state index contributed by atoms with van der Waals surface area (Å²) in [5.74, 6) is 2.14. The number of rotatable bonds is 8. The molecule has 4 aromatic rings. The van der Waals surface area contributed by atoms with Gasteiger partial charge in [-0.1, -0.05) is 13.3 Å². The van der Waals surface area contributed by atoms with E-state index in [1.54, 1.807) is 14.2 Å². The van der Waals surface area contributed by atoms with E-state index >= 15 is 0 Å². The summed E-state index contributed by atoms with van der Waals surface area (Å²) in [4.78, 5) is 9.13. The van der Waals surface area contributed by atoms with Gasteiger partial charge in [-0.2, -0.15) is 0 Å². The number of aryl methyl sites for hydroxylation is 1. The quantitative estimate of drug-likeness (QED) is 0.303. The van der Waals surface area contributed by atoms with Gasteiger partial charge in [0, 0.05) is 34.6 Å². The molecule has 2 aromatic carbocycles. The van der Waals surface area contributed by atoms with Gasteiger partial charge in [-0.05, 0) is 60.7 Å². The fourth-order valence-electron chi connectivity index (χ4n) is 4.04. The SMILES string of the molecule is CCCc1ncc(Cc2cc3cc(OCC)ccc3nc2O)c2cc(OC)c(OC)cc12.Cl.Cl. The van der Waals surface area contributed by atoms with E-state index in [0.29, 0.717) is 24.5 Å². The summed E-state index contributed by atoms with van der Waals surface area (Å²) in [6, 6.07) is 11.6. The lowest BCUT2D eigenvalue weighted by atomic mass is 9.97. The molecule has 2 aromatic heterocycles. The van der Waals surface area contributed by atoms with Gasteiger partial charge in [-0.3, -0.25) is 4.98 Å². The Hall–Kier alpha value is -2.96. The van der Waals surface area contributed by atoms with Crippen LogP contribution in [0.25, 0.3) is 21.7 Å². The van der Waals surface area contributed by atoms with E-state index in [2.05, 4.69) is 11.9 Å². The second-order valence-corrected chi connectivity index (χ2v) is 7.67. The minimum atomic E-state index is 0. The predicted molar refractivity (Wildman–Crippen MR) is 141 cm³/mol. The van der Waals surface area contributed by atoms with Crippen LogP contribution >= 0.6 is 24.8 Å². The van der Waals surface area contributed by atoms with Crippen LogP contribution in [0.15, 0.2) is 42.6 Å². The van der Waals surface area contributed by atoms with E-state index in [9.17, 15) is 5.11 Å². The summed E-state index contributed by atoms with van der Waals surface area (Å²) in [6.45, 7) is 4.68. The van der Waals surface area contributed by atoms with Gasteiger partial charge in [0.1, 0.15) is 5.75 Å². The molecule has 0 amide bonds. The molecule has 34 heavy (non-hydrogen) atoms. The Labute approximate surface area is 212 Å². The van der Waals surface area contributed by atoms with Gasteiger partial charge in [0.05, 0.1) is 26.3 Å². The van der Waals surface area contributed by atoms with Crippen LogP contribution in [0.4, 0.5) is 0 Å². The van der Waals surface area contributed by atoms with Crippen LogP contribution in [-0.2, 0) is 12.8 Å². The monoisotopic (exact) mass is 504 g/mol. The van der Waals surface area contributed by atoms with E-state index < -0.39 is 0 Å². The zero-order valence-electron chi connectivity index (χ0n) is 19.8. The van der Waals surface area contributed by atoms with Crippen molar-refractivity contribution in [2.24, 2.45) is 0 Å². The maximum absolute atomic E-state index is 10.6. The number of benzene rings is 2. The minimum Gasteiger partial charge on any atom is -0.494 e. The molecule has 0 aliphatic heterocycles. The van der Waals surface area contributed by atoms with Gasteiger partial charge in [-0.15, -0.1) is 24.8 Å². The number of halogens is 2. The predicted octanol–water partition coefficient (Wildman–Crippen LogP) is 6.29. The minimum absolute atomic E-state index is 0. The molecule has 0 radical (unpaired) electrons. The molecule has 1 N–H and O–H groups in total. The maximum atomic E-state index is 10.6. The average Bonchev–Trinajstić information content (AvgIpc) is 2.80. The van der Waals surface area contributed by atoms with Crippen LogP contribution in [0, 0.1) is 0 Å². The first-order valence-corrected chi connectivity index (χ1v) is 10.9. The number of hydrogen-bond acceptors (Lipinski definition) is 6. The standard InChI is InChI=1S/C26H28N2O4.2ClH/c1-5-7-23-21-14-25(31-4)24(30-3)13-20(21)18(15-27-23)11-17-10-16-12-19(32-6-2)8-9-22(16)28-26(17)29;;/h8-10,12-15H,5-7,11H2,1-4H3,(H,28,29);2*1H. The third-order valence-electron chi connectivity index (χ3n) is 5.58. The van der Waals surface area contributed by atoms with E-state index in [1.165, 1.54) is 0 Å². The number of methoxy groups -OCH3 is 2. The van der Waals surface area contributed by atoms with Gasteiger partial charge < -0.3 is 19.3 Å². The van der Waals surface area contributed by atoms with Crippen LogP contribution in [-0.4, -0.2) is 35.9 Å². The molecule has 0 spiro atoms. The zero-order chi connectivity index (χ0) is 22.7. The largest absolute Gasteiger partial charge is 0.494 e. The van der Waals surface area contributed by atoms with Crippen molar-refractivity contribution in [1.29, 1.82) is 0 Å². The lowest BCUT2D eigenvalue weighted by Crippen LogP contribution is -2.00. The Morgan fingerprint density at radius 3 is 2.24 bits per heavy atom. The normalized spacial score (nSPS) is 10.5. The Morgan fingerprint density at radius 2 is 1.59 bits per heavy atom. The second-order valence-electron chi connectivity index (χ2n) is 7.67. The van der Waals surface area contributed by atoms with Crippen molar-refractivity contribution in [3.05, 3.63) is 59.4 Å². The fraction of sp³-hybridized carbons (Fsp3) is 0.308. The third kappa shape index (κ3) is 5.40. The number of ether oxygens (including phenoxy) is 3. The number of aromatic hydroxyl groups is 1. The first kappa shape index (κ1) is 27.3. The number of pyridine rings is 2. The summed E-state index contributed by atoms with van der Waals surface area (Å²) in [6.07, 6.45) is 4.24. The highest BCUT2D eigenvalue weighted by Crippen LogP contribution is 2.36. The van der Waals surface area contributed by atoms with Crippen LogP contribution in [0.2, 0.25) is 0 Å². The second kappa shape index (κ2) is 12.0. The lowest BCUT2D eigenvalue weighted by Gasteiger charge is -2.15. The summed E-state index contributed by atoms with van der Waals surface area (Å²) >= 11 is 0. The molecular weight excluding hydrogens is 475 g/mol. The molecule has 0 bridgehead atoms. The first-order chi connectivity index (χ1) is 15.6. The number of fused-ring (bicyclic) bond motifs is 2. The Morgan fingerprint density at radius 1 is 0.882 bits per heavy atom. The molecule has 0 aliphatic carbocycles. The van der Waals surface area contributed by atoms with E-state index in [-0.39, 0.29) is 30.7 Å². The van der Waals surface area contributed by atoms with Crippen molar-refractivity contribution in [3.63, 3.8) is 0 Å². The maximum Gasteiger partial charge on any atom is 0.214 e. The summed E-state index contributed by atoms with van der Waals surface area (Å²) in [5, 5.41) is 13.6. The van der Waals surface area contributed by atoms with Crippen molar-refractivity contribution in [1.82, 2.24) is 9.97 Å². The number of nitrogens with zero attached hydrogens (tertiary/aromatic N) is 2. The molecule has 6 nitrogen and oxygen atoms in total. The van der Waals surface area contributed by atoms with E-state index in [0.717, 1.165) is 57.1 Å². The van der Waals surface area contributed by atoms with E-state index in [4.69, 9.17) is 19.2 Å². The average molecular weight is 505 g/mol. The smallest absolute Gasteiger partial charge is 0.214 e. The summed E-state index contributed by atoms with van der Waals surface area (Å²) < 4.78 is 16.7. The summed E-state index contributed by atoms with van der Waals surface area (Å²) in [5.41, 5.74) is 3.46. The van der Waals surface area contributed by atoms with Crippen LogP contribution < -0.4 is 14.2 Å². The molecule has 8 heteroatoms. The van der Waals surface area contributed by atoms with Crippen LogP contribution in [0.3, 0.4) is 0 Å². The third-order valence-corrected chi connectivity index (χ3v) is 5.58. The molecule has 0 saturated carbocycles. The van der Waals surface area contributed by atoms with Crippen molar-refractivity contribution < 1.29 is 19.3 Å². The van der Waals surface area contributed by atoms with Gasteiger partial charge in [-0.25, -0.2) is 4.98 Å². The molecule has 182 valence electrons. The van der Waals surface area contributed by atoms with Gasteiger partial charge in [0.2, 0.25) is 5.88 Å². The lowest BCUT2D eigenvalue weighted by molar-refractivity contribution is 0.340. The molecule has 0 atom stereocenters.